The lowest BCUT2D eigenvalue weighted by atomic mass is 9.62. The van der Waals surface area contributed by atoms with Gasteiger partial charge in [-0.3, -0.25) is 9.59 Å². The van der Waals surface area contributed by atoms with Crippen LogP contribution < -0.4 is 0 Å². The molecule has 168 valence electrons. The van der Waals surface area contributed by atoms with Crippen molar-refractivity contribution in [1.82, 2.24) is 0 Å². The van der Waals surface area contributed by atoms with Crippen molar-refractivity contribution in [3.05, 3.63) is 36.5 Å². The van der Waals surface area contributed by atoms with Crippen LogP contribution in [-0.4, -0.2) is 25.2 Å². The molecule has 4 atom stereocenters. The lowest BCUT2D eigenvalue weighted by Gasteiger charge is -2.42. The minimum atomic E-state index is -0.397. The fourth-order valence-corrected chi connectivity index (χ4v) is 4.48. The Labute approximate surface area is 182 Å². The highest BCUT2D eigenvalue weighted by molar-refractivity contribution is 5.83. The van der Waals surface area contributed by atoms with Gasteiger partial charge in [0.1, 0.15) is 0 Å². The zero-order chi connectivity index (χ0) is 21.9. The van der Waals surface area contributed by atoms with Gasteiger partial charge < -0.3 is 9.47 Å². The van der Waals surface area contributed by atoms with Crippen LogP contribution in [0.15, 0.2) is 36.5 Å². The molecule has 2 bridgehead atoms. The van der Waals surface area contributed by atoms with E-state index >= 15 is 0 Å². The fraction of sp³-hybridized carbons (Fsp3) is 0.692. The zero-order valence-electron chi connectivity index (χ0n) is 19.0. The number of carbonyl (C=O) groups excluding carboxylic acids is 2. The highest BCUT2D eigenvalue weighted by Crippen LogP contribution is 2.46. The number of fused-ring (bicyclic) bond motifs is 2. The second-order valence-corrected chi connectivity index (χ2v) is 8.80. The molecule has 0 spiro atoms. The van der Waals surface area contributed by atoms with Gasteiger partial charge >= 0.3 is 11.9 Å². The van der Waals surface area contributed by atoms with Gasteiger partial charge in [-0.15, -0.1) is 0 Å². The molecule has 4 heteroatoms. The molecule has 0 N–H and O–H groups in total. The smallest absolute Gasteiger partial charge is 0.310 e. The predicted molar refractivity (Wildman–Crippen MR) is 121 cm³/mol. The average molecular weight is 417 g/mol. The maximum atomic E-state index is 12.8. The number of ether oxygens (including phenoxy) is 2. The molecule has 0 aliphatic heterocycles. The lowest BCUT2D eigenvalue weighted by Crippen LogP contribution is -2.46. The van der Waals surface area contributed by atoms with Gasteiger partial charge in [0.15, 0.2) is 0 Å². The summed E-state index contributed by atoms with van der Waals surface area (Å²) in [5, 5.41) is 0. The van der Waals surface area contributed by atoms with Crippen molar-refractivity contribution >= 4 is 11.9 Å². The molecule has 0 aromatic rings. The van der Waals surface area contributed by atoms with Crippen molar-refractivity contribution in [3.8, 4) is 0 Å². The molecule has 30 heavy (non-hydrogen) atoms. The van der Waals surface area contributed by atoms with Crippen LogP contribution in [-0.2, 0) is 19.1 Å². The van der Waals surface area contributed by atoms with Crippen molar-refractivity contribution < 1.29 is 19.1 Å². The monoisotopic (exact) mass is 416 g/mol. The van der Waals surface area contributed by atoms with E-state index in [1.807, 2.05) is 0 Å². The molecule has 0 radical (unpaired) electrons. The average Bonchev–Trinajstić information content (AvgIpc) is 2.77. The SMILES string of the molecule is C=C(CC)CCCCOC(=O)C1C2C=CC(CC2)C1C(=O)OCCCCC(=C)CC. The molecule has 0 heterocycles. The van der Waals surface area contributed by atoms with E-state index in [9.17, 15) is 9.59 Å². The largest absolute Gasteiger partial charge is 0.465 e. The second-order valence-electron chi connectivity index (χ2n) is 8.80. The van der Waals surface area contributed by atoms with Crippen LogP contribution >= 0.6 is 0 Å². The molecule has 3 aliphatic carbocycles. The van der Waals surface area contributed by atoms with Crippen LogP contribution in [0.1, 0.15) is 78.1 Å². The number of hydrogen-bond donors (Lipinski definition) is 0. The van der Waals surface area contributed by atoms with Crippen molar-refractivity contribution in [2.45, 2.75) is 78.1 Å². The number of carbonyl (C=O) groups is 2. The Kier molecular flexibility index (Phi) is 10.4. The van der Waals surface area contributed by atoms with Gasteiger partial charge in [0.25, 0.3) is 0 Å². The lowest BCUT2D eigenvalue weighted by molar-refractivity contribution is -0.167. The van der Waals surface area contributed by atoms with Gasteiger partial charge in [0, 0.05) is 0 Å². The van der Waals surface area contributed by atoms with E-state index in [-0.39, 0.29) is 23.8 Å². The van der Waals surface area contributed by atoms with Gasteiger partial charge in [-0.1, -0.05) is 50.3 Å². The summed E-state index contributed by atoms with van der Waals surface area (Å²) in [5.41, 5.74) is 2.47. The van der Waals surface area contributed by atoms with Gasteiger partial charge in [-0.25, -0.2) is 0 Å². The quantitative estimate of drug-likeness (QED) is 0.193. The predicted octanol–water partition coefficient (Wildman–Crippen LogP) is 6.17. The number of unbranched alkanes of at least 4 members (excludes halogenated alkanes) is 2. The summed E-state index contributed by atoms with van der Waals surface area (Å²) in [6.45, 7) is 13.1. The van der Waals surface area contributed by atoms with Gasteiger partial charge in [0.05, 0.1) is 25.0 Å². The molecule has 1 saturated carbocycles. The normalized spacial score (nSPS) is 24.5. The Morgan fingerprint density at radius 1 is 0.767 bits per heavy atom. The first-order valence-electron chi connectivity index (χ1n) is 11.8. The second kappa shape index (κ2) is 12.8. The van der Waals surface area contributed by atoms with Crippen LogP contribution in [0.5, 0.6) is 0 Å². The maximum Gasteiger partial charge on any atom is 0.310 e. The zero-order valence-corrected chi connectivity index (χ0v) is 19.0. The first-order valence-corrected chi connectivity index (χ1v) is 11.8. The third kappa shape index (κ3) is 7.14. The first-order chi connectivity index (χ1) is 14.5. The Morgan fingerprint density at radius 2 is 1.17 bits per heavy atom. The first kappa shape index (κ1) is 24.4. The molecule has 4 unspecified atom stereocenters. The summed E-state index contributed by atoms with van der Waals surface area (Å²) in [7, 11) is 0. The summed E-state index contributed by atoms with van der Waals surface area (Å²) in [6.07, 6.45) is 13.7. The molecule has 0 saturated heterocycles. The Morgan fingerprint density at radius 3 is 1.50 bits per heavy atom. The van der Waals surface area contributed by atoms with Gasteiger partial charge in [-0.05, 0) is 76.0 Å². The molecular weight excluding hydrogens is 376 g/mol. The van der Waals surface area contributed by atoms with Gasteiger partial charge in [-0.2, -0.15) is 0 Å². The number of esters is 2. The van der Waals surface area contributed by atoms with E-state index in [4.69, 9.17) is 9.47 Å². The fourth-order valence-electron chi connectivity index (χ4n) is 4.48. The minimum absolute atomic E-state index is 0.0906. The molecule has 1 fully saturated rings. The van der Waals surface area contributed by atoms with E-state index in [0.717, 1.165) is 64.2 Å². The summed E-state index contributed by atoms with van der Waals surface area (Å²) in [4.78, 5) is 25.7. The van der Waals surface area contributed by atoms with Crippen LogP contribution in [0.4, 0.5) is 0 Å². The highest BCUT2D eigenvalue weighted by atomic mass is 16.5. The summed E-state index contributed by atoms with van der Waals surface area (Å²) >= 11 is 0. The van der Waals surface area contributed by atoms with Crippen molar-refractivity contribution in [2.24, 2.45) is 23.7 Å². The Balaban J connectivity index is 1.81. The minimum Gasteiger partial charge on any atom is -0.465 e. The molecule has 4 nitrogen and oxygen atoms in total. The molecule has 3 aliphatic rings. The molecule has 0 aromatic carbocycles. The van der Waals surface area contributed by atoms with Crippen molar-refractivity contribution in [1.29, 1.82) is 0 Å². The van der Waals surface area contributed by atoms with E-state index in [1.165, 1.54) is 11.1 Å². The van der Waals surface area contributed by atoms with Crippen LogP contribution in [0, 0.1) is 23.7 Å². The number of hydrogen-bond acceptors (Lipinski definition) is 4. The van der Waals surface area contributed by atoms with Gasteiger partial charge in [0.2, 0.25) is 0 Å². The van der Waals surface area contributed by atoms with E-state index < -0.39 is 11.8 Å². The molecular formula is C26H40O4. The van der Waals surface area contributed by atoms with Crippen LogP contribution in [0.3, 0.4) is 0 Å². The molecule has 0 amide bonds. The maximum absolute atomic E-state index is 12.8. The summed E-state index contributed by atoms with van der Waals surface area (Å²) < 4.78 is 11.2. The summed E-state index contributed by atoms with van der Waals surface area (Å²) in [6, 6.07) is 0. The third-order valence-electron chi connectivity index (χ3n) is 6.63. The Bertz CT molecular complexity index is 579. The van der Waals surface area contributed by atoms with E-state index in [2.05, 4.69) is 39.2 Å². The van der Waals surface area contributed by atoms with E-state index in [1.54, 1.807) is 0 Å². The topological polar surface area (TPSA) is 52.6 Å². The Hall–Kier alpha value is -1.84. The van der Waals surface area contributed by atoms with E-state index in [0.29, 0.717) is 13.2 Å². The number of rotatable bonds is 14. The molecule has 0 aromatic heterocycles. The van der Waals surface area contributed by atoms with Crippen LogP contribution in [0.25, 0.3) is 0 Å². The third-order valence-corrected chi connectivity index (χ3v) is 6.63. The van der Waals surface area contributed by atoms with Crippen molar-refractivity contribution in [3.63, 3.8) is 0 Å². The highest BCUT2D eigenvalue weighted by Gasteiger charge is 2.49. The van der Waals surface area contributed by atoms with Crippen LogP contribution in [0.2, 0.25) is 0 Å². The standard InChI is InChI=1S/C26H40O4/c1-5-19(3)11-7-9-17-29-25(27)23-21-13-15-22(16-14-21)24(23)26(28)30-18-10-8-12-20(4)6-2/h13,15,21-24H,3-12,14,16-18H2,1-2H3. The number of allylic oxidation sites excluding steroid dienone is 4. The molecule has 3 rings (SSSR count). The van der Waals surface area contributed by atoms with Crippen molar-refractivity contribution in [2.75, 3.05) is 13.2 Å². The summed E-state index contributed by atoms with van der Waals surface area (Å²) in [5.74, 6) is -1.08.